The first-order chi connectivity index (χ1) is 10.9. The van der Waals surface area contributed by atoms with E-state index in [1.807, 2.05) is 24.3 Å². The van der Waals surface area contributed by atoms with Crippen molar-refractivity contribution in [3.05, 3.63) is 101 Å². The van der Waals surface area contributed by atoms with E-state index in [0.717, 1.165) is 26.1 Å². The molecule has 0 fully saturated rings. The van der Waals surface area contributed by atoms with Crippen molar-refractivity contribution in [3.8, 4) is 0 Å². The number of hydrogen-bond acceptors (Lipinski definition) is 1. The lowest BCUT2D eigenvalue weighted by atomic mass is 10.1. The molecular formula is C21H19N+. The highest BCUT2D eigenvalue weighted by atomic mass is 15.1. The minimum Gasteiger partial charge on any atom is -0.287 e. The summed E-state index contributed by atoms with van der Waals surface area (Å²) in [4.78, 5) is 2.41. The Balaban J connectivity index is 1.74. The zero-order valence-electron chi connectivity index (χ0n) is 12.6. The number of benzene rings is 1. The van der Waals surface area contributed by atoms with Crippen molar-refractivity contribution in [2.75, 3.05) is 13.1 Å². The van der Waals surface area contributed by atoms with Crippen LogP contribution in [-0.2, 0) is 6.54 Å². The van der Waals surface area contributed by atoms with Gasteiger partial charge >= 0.3 is 0 Å². The van der Waals surface area contributed by atoms with E-state index in [4.69, 9.17) is 0 Å². The van der Waals surface area contributed by atoms with Crippen molar-refractivity contribution in [2.45, 2.75) is 13.0 Å². The van der Waals surface area contributed by atoms with Gasteiger partial charge in [-0.3, -0.25) is 4.90 Å². The second-order valence-electron chi connectivity index (χ2n) is 5.43. The number of rotatable bonds is 6. The van der Waals surface area contributed by atoms with Crippen LogP contribution >= 0.6 is 0 Å². The summed E-state index contributed by atoms with van der Waals surface area (Å²) in [5.74, 6) is 0. The van der Waals surface area contributed by atoms with Crippen LogP contribution in [0.3, 0.4) is 0 Å². The van der Waals surface area contributed by atoms with Crippen LogP contribution in [-0.4, -0.2) is 18.0 Å². The van der Waals surface area contributed by atoms with Gasteiger partial charge in [0.05, 0.1) is 12.6 Å². The van der Waals surface area contributed by atoms with Crippen LogP contribution < -0.4 is 0 Å². The summed E-state index contributed by atoms with van der Waals surface area (Å²) < 4.78 is 0. The Morgan fingerprint density at radius 2 is 2.14 bits per heavy atom. The predicted octanol–water partition coefficient (Wildman–Crippen LogP) is 4.19. The molecule has 1 nitrogen and oxygen atoms in total. The fraction of sp³-hybridized carbons (Fsp3) is 0.190. The molecule has 0 aromatic heterocycles. The highest BCUT2D eigenvalue weighted by Crippen LogP contribution is 2.13. The highest BCUT2D eigenvalue weighted by Gasteiger charge is 2.13. The topological polar surface area (TPSA) is 3.24 Å². The van der Waals surface area contributed by atoms with E-state index in [9.17, 15) is 0 Å². The van der Waals surface area contributed by atoms with Gasteiger partial charge in [-0.2, -0.15) is 0 Å². The molecule has 0 aliphatic heterocycles. The van der Waals surface area contributed by atoms with E-state index in [2.05, 4.69) is 65.3 Å². The van der Waals surface area contributed by atoms with E-state index in [-0.39, 0.29) is 0 Å². The Bertz CT molecular complexity index is 680. The Morgan fingerprint density at radius 3 is 2.86 bits per heavy atom. The Labute approximate surface area is 133 Å². The zero-order valence-corrected chi connectivity index (χ0v) is 12.6. The van der Waals surface area contributed by atoms with Crippen LogP contribution in [0.25, 0.3) is 0 Å². The summed E-state index contributed by atoms with van der Waals surface area (Å²) in [6.07, 6.45) is 18.9. The summed E-state index contributed by atoms with van der Waals surface area (Å²) in [6, 6.07) is 11.5. The monoisotopic (exact) mass is 285 g/mol. The van der Waals surface area contributed by atoms with Gasteiger partial charge in [0.15, 0.2) is 0 Å². The number of nitrogens with zero attached hydrogens (tertiary/aromatic N) is 1. The van der Waals surface area contributed by atoms with Gasteiger partial charge in [-0.25, -0.2) is 0 Å². The molecule has 0 saturated carbocycles. The predicted molar refractivity (Wildman–Crippen MR) is 90.9 cm³/mol. The maximum absolute atomic E-state index is 3.36. The molecule has 0 N–H and O–H groups in total. The van der Waals surface area contributed by atoms with Crippen LogP contribution in [0.2, 0.25) is 0 Å². The second kappa shape index (κ2) is 7.54. The molecule has 1 heteroatoms. The van der Waals surface area contributed by atoms with E-state index in [0.29, 0.717) is 0 Å². The average molecular weight is 285 g/mol. The molecule has 1 aromatic carbocycles. The van der Waals surface area contributed by atoms with Gasteiger partial charge in [0, 0.05) is 36.9 Å². The molecule has 1 radical (unpaired) electrons. The molecule has 3 rings (SSSR count). The Kier molecular flexibility index (Phi) is 4.97. The first kappa shape index (κ1) is 14.5. The third-order valence-electron chi connectivity index (χ3n) is 3.59. The number of hydrogen-bond donors (Lipinski definition) is 0. The SMILES string of the molecule is C1=CCC=CC=1CN(CC1=CC=CC=[C+]1)Cc1[c]cccc1. The molecule has 0 heterocycles. The molecule has 0 atom stereocenters. The lowest BCUT2D eigenvalue weighted by Gasteiger charge is -2.21. The third kappa shape index (κ3) is 4.28. The fourth-order valence-corrected chi connectivity index (χ4v) is 2.56. The summed E-state index contributed by atoms with van der Waals surface area (Å²) in [5.41, 5.74) is 7.02. The van der Waals surface area contributed by atoms with Crippen LogP contribution in [0.4, 0.5) is 0 Å². The number of allylic oxidation sites excluding steroid dienone is 5. The zero-order chi connectivity index (χ0) is 15.0. The van der Waals surface area contributed by atoms with Gasteiger partial charge in [0.1, 0.15) is 11.6 Å². The summed E-state index contributed by atoms with van der Waals surface area (Å²) >= 11 is 0. The largest absolute Gasteiger partial charge is 0.287 e. The molecule has 107 valence electrons. The van der Waals surface area contributed by atoms with E-state index in [1.54, 1.807) is 0 Å². The maximum Gasteiger partial charge on any atom is 0.130 e. The second-order valence-corrected chi connectivity index (χ2v) is 5.43. The van der Waals surface area contributed by atoms with Crippen LogP contribution in [0.5, 0.6) is 0 Å². The molecule has 2 aliphatic rings. The van der Waals surface area contributed by atoms with Crippen molar-refractivity contribution in [1.82, 2.24) is 4.90 Å². The molecule has 22 heavy (non-hydrogen) atoms. The summed E-state index contributed by atoms with van der Waals surface area (Å²) in [5, 5.41) is 0. The standard InChI is InChI=1S/C21H19N/c1-4-10-19(11-5-1)16-22(17-20-12-6-2-7-13-20)18-21-14-8-3-9-15-21/h1-2,4-10,12,14H,3,16-18H2/q+1. The molecule has 2 aliphatic carbocycles. The lowest BCUT2D eigenvalue weighted by molar-refractivity contribution is 0.316. The maximum atomic E-state index is 3.36. The molecular weight excluding hydrogens is 266 g/mol. The van der Waals surface area contributed by atoms with Crippen LogP contribution in [0, 0.1) is 12.1 Å². The van der Waals surface area contributed by atoms with Gasteiger partial charge in [-0.1, -0.05) is 36.4 Å². The molecule has 0 spiro atoms. The van der Waals surface area contributed by atoms with E-state index in [1.165, 1.54) is 16.7 Å². The van der Waals surface area contributed by atoms with E-state index >= 15 is 0 Å². The lowest BCUT2D eigenvalue weighted by Crippen LogP contribution is -2.27. The van der Waals surface area contributed by atoms with E-state index < -0.39 is 0 Å². The smallest absolute Gasteiger partial charge is 0.130 e. The highest BCUT2D eigenvalue weighted by molar-refractivity contribution is 5.30. The Hall–Kier alpha value is -2.43. The van der Waals surface area contributed by atoms with Crippen LogP contribution in [0.1, 0.15) is 12.0 Å². The minimum absolute atomic E-state index is 0.878. The van der Waals surface area contributed by atoms with Gasteiger partial charge in [-0.05, 0) is 24.1 Å². The first-order valence-electron chi connectivity index (χ1n) is 7.64. The summed E-state index contributed by atoms with van der Waals surface area (Å²) in [7, 11) is 0. The molecule has 0 bridgehead atoms. The normalized spacial score (nSPS) is 15.7. The van der Waals surface area contributed by atoms with Crippen molar-refractivity contribution in [1.29, 1.82) is 0 Å². The molecule has 0 saturated heterocycles. The van der Waals surface area contributed by atoms with Gasteiger partial charge in [0.2, 0.25) is 0 Å². The molecule has 0 unspecified atom stereocenters. The van der Waals surface area contributed by atoms with Crippen molar-refractivity contribution in [3.63, 3.8) is 0 Å². The Morgan fingerprint density at radius 1 is 1.14 bits per heavy atom. The fourth-order valence-electron chi connectivity index (χ4n) is 2.56. The van der Waals surface area contributed by atoms with Crippen LogP contribution in [0.15, 0.2) is 83.7 Å². The minimum atomic E-state index is 0.878. The third-order valence-corrected chi connectivity index (χ3v) is 3.59. The van der Waals surface area contributed by atoms with Gasteiger partial charge < -0.3 is 0 Å². The van der Waals surface area contributed by atoms with Gasteiger partial charge in [0.25, 0.3) is 0 Å². The molecule has 1 aromatic rings. The molecule has 0 amide bonds. The first-order valence-corrected chi connectivity index (χ1v) is 7.64. The summed E-state index contributed by atoms with van der Waals surface area (Å²) in [6.45, 7) is 2.64. The van der Waals surface area contributed by atoms with Crippen molar-refractivity contribution in [2.24, 2.45) is 0 Å². The van der Waals surface area contributed by atoms with Gasteiger partial charge in [-0.15, -0.1) is 5.73 Å². The quantitative estimate of drug-likeness (QED) is 0.559. The van der Waals surface area contributed by atoms with Crippen molar-refractivity contribution >= 4 is 0 Å². The van der Waals surface area contributed by atoms with Crippen molar-refractivity contribution < 1.29 is 0 Å². The average Bonchev–Trinajstić information content (AvgIpc) is 2.57.